The van der Waals surface area contributed by atoms with Crippen LogP contribution in [-0.2, 0) is 0 Å². The largest absolute Gasteiger partial charge is 0.388 e. The fourth-order valence-electron chi connectivity index (χ4n) is 2.75. The molecule has 1 aliphatic carbocycles. The summed E-state index contributed by atoms with van der Waals surface area (Å²) in [7, 11) is 0. The van der Waals surface area contributed by atoms with Crippen molar-refractivity contribution in [3.63, 3.8) is 0 Å². The topological polar surface area (TPSA) is 45.1 Å². The molecule has 1 aromatic heterocycles. The Morgan fingerprint density at radius 3 is 2.89 bits per heavy atom. The first-order valence-corrected chi connectivity index (χ1v) is 7.46. The molecule has 2 aromatic rings. The number of para-hydroxylation sites is 1. The summed E-state index contributed by atoms with van der Waals surface area (Å²) in [4.78, 5) is 4.46. The van der Waals surface area contributed by atoms with E-state index in [0.717, 1.165) is 46.7 Å². The highest BCUT2D eigenvalue weighted by molar-refractivity contribution is 9.10. The second-order valence-corrected chi connectivity index (χ2v) is 6.23. The Bertz CT molecular complexity index is 594. The molecule has 0 atom stereocenters. The van der Waals surface area contributed by atoms with Gasteiger partial charge in [-0.05, 0) is 40.9 Å². The second-order valence-electron chi connectivity index (χ2n) is 5.32. The molecule has 2 N–H and O–H groups in total. The van der Waals surface area contributed by atoms with Gasteiger partial charge in [0.15, 0.2) is 0 Å². The third kappa shape index (κ3) is 2.74. The first kappa shape index (κ1) is 12.9. The summed E-state index contributed by atoms with van der Waals surface area (Å²) in [5.74, 6) is 0. The smallest absolute Gasteiger partial charge is 0.0934 e. The normalized spacial score (nSPS) is 17.8. The van der Waals surface area contributed by atoms with Gasteiger partial charge in [0.1, 0.15) is 0 Å². The number of hydrogen-bond donors (Lipinski definition) is 2. The minimum absolute atomic E-state index is 0.544. The van der Waals surface area contributed by atoms with Crippen LogP contribution in [0.3, 0.4) is 0 Å². The Morgan fingerprint density at radius 1 is 1.32 bits per heavy atom. The van der Waals surface area contributed by atoms with Gasteiger partial charge >= 0.3 is 0 Å². The van der Waals surface area contributed by atoms with Gasteiger partial charge < -0.3 is 10.4 Å². The molecule has 0 radical (unpaired) electrons. The molecule has 100 valence electrons. The van der Waals surface area contributed by atoms with Crippen LogP contribution in [0.15, 0.2) is 34.9 Å². The molecule has 3 rings (SSSR count). The Kier molecular flexibility index (Phi) is 3.46. The fraction of sp³-hybridized carbons (Fsp3) is 0.400. The number of hydrogen-bond acceptors (Lipinski definition) is 3. The van der Waals surface area contributed by atoms with E-state index in [1.165, 1.54) is 0 Å². The van der Waals surface area contributed by atoms with Crippen molar-refractivity contribution >= 4 is 32.5 Å². The van der Waals surface area contributed by atoms with Crippen molar-refractivity contribution in [2.24, 2.45) is 0 Å². The zero-order valence-electron chi connectivity index (χ0n) is 10.7. The van der Waals surface area contributed by atoms with Gasteiger partial charge in [0.25, 0.3) is 0 Å². The molecule has 0 unspecified atom stereocenters. The number of rotatable bonds is 3. The van der Waals surface area contributed by atoms with Gasteiger partial charge in [0.05, 0.1) is 16.8 Å². The van der Waals surface area contributed by atoms with Gasteiger partial charge in [-0.3, -0.25) is 4.98 Å². The van der Waals surface area contributed by atoms with Gasteiger partial charge in [-0.15, -0.1) is 0 Å². The maximum atomic E-state index is 10.4. The van der Waals surface area contributed by atoms with Crippen molar-refractivity contribution in [1.29, 1.82) is 0 Å². The first-order valence-electron chi connectivity index (χ1n) is 6.67. The van der Waals surface area contributed by atoms with Crippen molar-refractivity contribution in [2.75, 3.05) is 11.9 Å². The van der Waals surface area contributed by atoms with Gasteiger partial charge in [-0.1, -0.05) is 25.0 Å². The van der Waals surface area contributed by atoms with Crippen LogP contribution in [0, 0.1) is 0 Å². The molecule has 1 fully saturated rings. The molecular weight excluding hydrogens is 304 g/mol. The highest BCUT2D eigenvalue weighted by atomic mass is 79.9. The van der Waals surface area contributed by atoms with E-state index in [9.17, 15) is 5.11 Å². The van der Waals surface area contributed by atoms with Crippen molar-refractivity contribution in [2.45, 2.75) is 31.3 Å². The maximum absolute atomic E-state index is 10.4. The van der Waals surface area contributed by atoms with Gasteiger partial charge in [0, 0.05) is 22.6 Å². The molecule has 1 heterocycles. The Hall–Kier alpha value is -1.13. The molecule has 0 aliphatic heterocycles. The predicted octanol–water partition coefficient (Wildman–Crippen LogP) is 3.71. The lowest BCUT2D eigenvalue weighted by Gasteiger charge is -2.23. The second kappa shape index (κ2) is 5.10. The van der Waals surface area contributed by atoms with Crippen LogP contribution in [0.4, 0.5) is 5.69 Å². The number of pyridine rings is 1. The lowest BCUT2D eigenvalue weighted by molar-refractivity contribution is 0.0615. The summed E-state index contributed by atoms with van der Waals surface area (Å²) in [6, 6.07) is 8.12. The average molecular weight is 321 g/mol. The quantitative estimate of drug-likeness (QED) is 0.906. The molecule has 1 saturated carbocycles. The fourth-order valence-corrected chi connectivity index (χ4v) is 3.10. The van der Waals surface area contributed by atoms with Crippen molar-refractivity contribution in [3.05, 3.63) is 34.9 Å². The van der Waals surface area contributed by atoms with E-state index in [2.05, 4.69) is 32.3 Å². The van der Waals surface area contributed by atoms with E-state index in [-0.39, 0.29) is 0 Å². The molecular formula is C15H17BrN2O. The number of nitrogens with zero attached hydrogens (tertiary/aromatic N) is 1. The summed E-state index contributed by atoms with van der Waals surface area (Å²) in [5, 5.41) is 14.8. The van der Waals surface area contributed by atoms with Crippen molar-refractivity contribution in [3.8, 4) is 0 Å². The highest BCUT2D eigenvalue weighted by Crippen LogP contribution is 2.30. The summed E-state index contributed by atoms with van der Waals surface area (Å²) in [5.41, 5.74) is 1.40. The maximum Gasteiger partial charge on any atom is 0.0934 e. The number of anilines is 1. The molecule has 0 saturated heterocycles. The molecule has 1 aliphatic rings. The molecule has 4 heteroatoms. The van der Waals surface area contributed by atoms with E-state index in [4.69, 9.17) is 0 Å². The zero-order valence-corrected chi connectivity index (χ0v) is 12.3. The predicted molar refractivity (Wildman–Crippen MR) is 81.4 cm³/mol. The van der Waals surface area contributed by atoms with Crippen LogP contribution in [0.5, 0.6) is 0 Å². The number of benzene rings is 1. The summed E-state index contributed by atoms with van der Waals surface area (Å²) in [6.45, 7) is 0.601. The van der Waals surface area contributed by atoms with E-state index in [0.29, 0.717) is 6.54 Å². The number of aliphatic hydroxyl groups is 1. The average Bonchev–Trinajstić information content (AvgIpc) is 2.83. The molecule has 3 nitrogen and oxygen atoms in total. The lowest BCUT2D eigenvalue weighted by Crippen LogP contribution is -2.33. The van der Waals surface area contributed by atoms with Gasteiger partial charge in [0.2, 0.25) is 0 Å². The van der Waals surface area contributed by atoms with Gasteiger partial charge in [-0.2, -0.15) is 0 Å². The van der Waals surface area contributed by atoms with Crippen molar-refractivity contribution in [1.82, 2.24) is 4.98 Å². The monoisotopic (exact) mass is 320 g/mol. The Morgan fingerprint density at radius 2 is 2.11 bits per heavy atom. The van der Waals surface area contributed by atoms with Crippen LogP contribution >= 0.6 is 15.9 Å². The van der Waals surface area contributed by atoms with Crippen molar-refractivity contribution < 1.29 is 5.11 Å². The molecule has 1 aromatic carbocycles. The van der Waals surface area contributed by atoms with E-state index < -0.39 is 5.60 Å². The standard InChI is InChI=1S/C15H17BrN2O/c16-12-8-11-4-3-5-13(14(11)17-9-12)18-10-15(19)6-1-2-7-15/h3-5,8-9,18-19H,1-2,6-7,10H2. The summed E-state index contributed by atoms with van der Waals surface area (Å²) < 4.78 is 0.978. The number of aromatic nitrogens is 1. The van der Waals surface area contributed by atoms with Crippen LogP contribution in [0.1, 0.15) is 25.7 Å². The SMILES string of the molecule is OC1(CNc2cccc3cc(Br)cnc23)CCCC1. The highest BCUT2D eigenvalue weighted by Gasteiger charge is 2.30. The number of halogens is 1. The number of fused-ring (bicyclic) bond motifs is 1. The molecule has 0 bridgehead atoms. The van der Waals surface area contributed by atoms with Gasteiger partial charge in [-0.25, -0.2) is 0 Å². The third-order valence-corrected chi connectivity index (χ3v) is 4.25. The van der Waals surface area contributed by atoms with E-state index in [1.807, 2.05) is 18.2 Å². The van der Waals surface area contributed by atoms with Crippen LogP contribution < -0.4 is 5.32 Å². The zero-order chi connectivity index (χ0) is 13.3. The molecule has 0 amide bonds. The number of nitrogens with one attached hydrogen (secondary N) is 1. The lowest BCUT2D eigenvalue weighted by atomic mass is 10.0. The Balaban J connectivity index is 1.84. The molecule has 0 spiro atoms. The van der Waals surface area contributed by atoms with E-state index >= 15 is 0 Å². The summed E-state index contributed by atoms with van der Waals surface area (Å²) >= 11 is 3.44. The Labute approximate surface area is 121 Å². The van der Waals surface area contributed by atoms with Crippen LogP contribution in [-0.4, -0.2) is 22.2 Å². The summed E-state index contributed by atoms with van der Waals surface area (Å²) in [6.07, 6.45) is 5.84. The first-order chi connectivity index (χ1) is 9.16. The molecule has 19 heavy (non-hydrogen) atoms. The van der Waals surface area contributed by atoms with E-state index in [1.54, 1.807) is 6.20 Å². The third-order valence-electron chi connectivity index (χ3n) is 3.82. The van der Waals surface area contributed by atoms with Crippen LogP contribution in [0.2, 0.25) is 0 Å². The minimum Gasteiger partial charge on any atom is -0.388 e. The van der Waals surface area contributed by atoms with Crippen LogP contribution in [0.25, 0.3) is 10.9 Å². The minimum atomic E-state index is -0.544.